The molecule has 0 amide bonds. The van der Waals surface area contributed by atoms with Crippen molar-refractivity contribution in [3.8, 4) is 61.3 Å². The monoisotopic (exact) mass is 1570 g/mol. The van der Waals surface area contributed by atoms with Gasteiger partial charge in [-0.2, -0.15) is 0 Å². The molecule has 0 aliphatic carbocycles. The van der Waals surface area contributed by atoms with Crippen LogP contribution in [0.1, 0.15) is 184 Å². The van der Waals surface area contributed by atoms with Gasteiger partial charge in [-0.15, -0.1) is 22.7 Å². The second kappa shape index (κ2) is 27.3. The van der Waals surface area contributed by atoms with Crippen LogP contribution in [0, 0.1) is 0 Å². The summed E-state index contributed by atoms with van der Waals surface area (Å²) in [7, 11) is 0. The van der Waals surface area contributed by atoms with Crippen molar-refractivity contribution in [2.24, 2.45) is 0 Å². The SMILES string of the molecule is CC(C)(C)c1cc(-c2ccc3c(c2)N(c2cccc4c2sc2c(-c5cccc6sc7ccccc7c56)cccc24)c2cc(-c4cc(C(C)(C)C)cc(C(C)(C)C)c4)cc4c2B3c2ccc(-n3c5ccc(C(C)(C)C)cc5c5cc(C(C)(C)C)ccc53)cc2N4c2c(-c3ccccc3)cc(C(C)(C)C)cc2-c2ccccc2)cc(C(C)(C)C)c1. The van der Waals surface area contributed by atoms with Crippen LogP contribution >= 0.6 is 22.7 Å². The van der Waals surface area contributed by atoms with E-state index in [9.17, 15) is 0 Å². The molecule has 6 heteroatoms. The fourth-order valence-corrected chi connectivity index (χ4v) is 21.2. The van der Waals surface area contributed by atoms with Gasteiger partial charge in [0.15, 0.2) is 0 Å². The van der Waals surface area contributed by atoms with Gasteiger partial charge in [-0.3, -0.25) is 0 Å². The van der Waals surface area contributed by atoms with Crippen molar-refractivity contribution < 1.29 is 0 Å². The molecular formula is C112H108BN3S2. The molecule has 0 radical (unpaired) electrons. The number of hydrogen-bond acceptors (Lipinski definition) is 4. The normalized spacial score (nSPS) is 13.6. The van der Waals surface area contributed by atoms with Crippen molar-refractivity contribution in [2.45, 2.75) is 183 Å². The summed E-state index contributed by atoms with van der Waals surface area (Å²) >= 11 is 3.85. The topological polar surface area (TPSA) is 11.4 Å². The van der Waals surface area contributed by atoms with Gasteiger partial charge in [-0.25, -0.2) is 0 Å². The number of benzene rings is 14. The molecule has 3 nitrogen and oxygen atoms in total. The Morgan fingerprint density at radius 2 is 0.669 bits per heavy atom. The molecule has 0 spiro atoms. The lowest BCUT2D eigenvalue weighted by Gasteiger charge is -2.45. The summed E-state index contributed by atoms with van der Waals surface area (Å²) in [5.74, 6) is 0. The van der Waals surface area contributed by atoms with Gasteiger partial charge in [0, 0.05) is 91.5 Å². The molecule has 17 aromatic rings. The maximum atomic E-state index is 2.78. The highest BCUT2D eigenvalue weighted by atomic mass is 32.1. The lowest BCUT2D eigenvalue weighted by molar-refractivity contribution is 0.568. The van der Waals surface area contributed by atoms with E-state index in [0.717, 1.165) is 45.1 Å². The van der Waals surface area contributed by atoms with Gasteiger partial charge in [-0.05, 0) is 217 Å². The van der Waals surface area contributed by atoms with Crippen molar-refractivity contribution in [3.63, 3.8) is 0 Å². The van der Waals surface area contributed by atoms with Crippen LogP contribution in [0.5, 0.6) is 0 Å². The Kier molecular flexibility index (Phi) is 17.8. The highest BCUT2D eigenvalue weighted by molar-refractivity contribution is 7.27. The number of rotatable bonds is 8. The van der Waals surface area contributed by atoms with E-state index in [2.05, 4.69) is 433 Å². The molecule has 0 atom stereocenters. The van der Waals surface area contributed by atoms with E-state index in [0.29, 0.717) is 0 Å². The predicted octanol–water partition coefficient (Wildman–Crippen LogP) is 31.0. The van der Waals surface area contributed by atoms with Crippen LogP contribution in [0.3, 0.4) is 0 Å². The Bertz CT molecular complexity index is 6770. The first-order valence-corrected chi connectivity index (χ1v) is 44.2. The Morgan fingerprint density at radius 3 is 1.21 bits per heavy atom. The molecule has 0 bridgehead atoms. The molecule has 0 saturated carbocycles. The molecule has 118 heavy (non-hydrogen) atoms. The summed E-state index contributed by atoms with van der Waals surface area (Å²) in [4.78, 5) is 5.53. The van der Waals surface area contributed by atoms with Crippen LogP contribution in [0.25, 0.3) is 123 Å². The highest BCUT2D eigenvalue weighted by Crippen LogP contribution is 2.56. The summed E-state index contributed by atoms with van der Waals surface area (Å²) in [5, 5.41) is 7.68. The maximum Gasteiger partial charge on any atom is 0.252 e. The number of thiophene rings is 2. The molecule has 14 aromatic carbocycles. The van der Waals surface area contributed by atoms with E-state index in [1.807, 2.05) is 22.7 Å². The van der Waals surface area contributed by atoms with Crippen LogP contribution in [-0.4, -0.2) is 11.3 Å². The molecule has 0 saturated heterocycles. The molecule has 2 aliphatic rings. The number of anilines is 6. The summed E-state index contributed by atoms with van der Waals surface area (Å²) in [6.45, 7) is 49.5. The van der Waals surface area contributed by atoms with E-state index in [-0.39, 0.29) is 44.6 Å². The second-order valence-electron chi connectivity index (χ2n) is 41.1. The van der Waals surface area contributed by atoms with Crippen molar-refractivity contribution >= 4 is 142 Å². The first kappa shape index (κ1) is 76.9. The van der Waals surface area contributed by atoms with Crippen molar-refractivity contribution in [3.05, 3.63) is 312 Å². The van der Waals surface area contributed by atoms with Gasteiger partial charge < -0.3 is 14.4 Å². The Balaban J connectivity index is 0.994. The molecule has 0 fully saturated rings. The largest absolute Gasteiger partial charge is 0.310 e. The van der Waals surface area contributed by atoms with Gasteiger partial charge in [0.1, 0.15) is 0 Å². The fraction of sp³-hybridized carbons (Fsp3) is 0.250. The average Bonchev–Trinajstić information content (AvgIpc) is 0.716. The highest BCUT2D eigenvalue weighted by Gasteiger charge is 2.46. The van der Waals surface area contributed by atoms with E-state index in [4.69, 9.17) is 0 Å². The first-order valence-electron chi connectivity index (χ1n) is 42.6. The Hall–Kier alpha value is -11.0. The van der Waals surface area contributed by atoms with Crippen LogP contribution in [0.15, 0.2) is 273 Å². The smallest absolute Gasteiger partial charge is 0.252 e. The number of fused-ring (bicyclic) bond motifs is 13. The third kappa shape index (κ3) is 13.0. The molecule has 5 heterocycles. The number of hydrogen-bond donors (Lipinski definition) is 0. The molecule has 0 unspecified atom stereocenters. The minimum atomic E-state index is -0.248. The maximum absolute atomic E-state index is 2.78. The van der Waals surface area contributed by atoms with Crippen LogP contribution < -0.4 is 26.2 Å². The first-order chi connectivity index (χ1) is 55.9. The summed E-state index contributed by atoms with van der Waals surface area (Å²) < 4.78 is 7.75. The third-order valence-electron chi connectivity index (χ3n) is 25.6. The molecule has 586 valence electrons. The Morgan fingerprint density at radius 1 is 0.246 bits per heavy atom. The van der Waals surface area contributed by atoms with Crippen LogP contribution in [0.4, 0.5) is 34.1 Å². The summed E-state index contributed by atoms with van der Waals surface area (Å²) in [6, 6.07) is 108. The quantitative estimate of drug-likeness (QED) is 0.141. The van der Waals surface area contributed by atoms with Crippen molar-refractivity contribution in [2.75, 3.05) is 9.80 Å². The minimum absolute atomic E-state index is 0.0678. The molecular weight excluding hydrogens is 1460 g/mol. The zero-order valence-corrected chi connectivity index (χ0v) is 74.3. The fourth-order valence-electron chi connectivity index (χ4n) is 18.7. The van der Waals surface area contributed by atoms with Gasteiger partial charge in [-0.1, -0.05) is 333 Å². The number of aromatic nitrogens is 1. The average molecular weight is 1570 g/mol. The van der Waals surface area contributed by atoms with Gasteiger partial charge in [0.2, 0.25) is 0 Å². The Labute approximate surface area is 707 Å². The van der Waals surface area contributed by atoms with Gasteiger partial charge in [0.25, 0.3) is 6.71 Å². The minimum Gasteiger partial charge on any atom is -0.310 e. The summed E-state index contributed by atoms with van der Waals surface area (Å²) in [5.41, 5.74) is 34.5. The van der Waals surface area contributed by atoms with E-state index in [1.54, 1.807) is 0 Å². The molecule has 3 aromatic heterocycles. The second-order valence-corrected chi connectivity index (χ2v) is 43.2. The van der Waals surface area contributed by atoms with Gasteiger partial charge in [0.05, 0.1) is 27.1 Å². The number of nitrogens with zero attached hydrogens (tertiary/aromatic N) is 3. The zero-order chi connectivity index (χ0) is 82.6. The van der Waals surface area contributed by atoms with E-state index >= 15 is 0 Å². The van der Waals surface area contributed by atoms with Crippen molar-refractivity contribution in [1.82, 2.24) is 4.57 Å². The van der Waals surface area contributed by atoms with Crippen molar-refractivity contribution in [1.29, 1.82) is 0 Å². The van der Waals surface area contributed by atoms with E-state index < -0.39 is 0 Å². The molecule has 0 N–H and O–H groups in total. The lowest BCUT2D eigenvalue weighted by Crippen LogP contribution is -2.61. The molecule has 2 aliphatic heterocycles. The standard InChI is InChI=1S/C112H108BN3S2/c1-106(2,3)73-46-51-92-88(62-73)89-63-74(107(4,5)6)47-52-93(89)114(92)80-48-50-91-96(66-80)116(103-86(67-33-24-22-25-34-67)64-79(112(19,20)21)65-87(103)68-35-26-23-27-36-68)98-59-72(71-55-77(110(13,14)15)61-78(56-71)111(16,17)18)58-97-102(98)113(91)90-49-45-69(70-53-75(108(7,8)9)60-76(54-70)109(10,11)12)57-95(90)115(97)94-42-31-41-84-83-40-30-39-82(104(83)118-105(84)94)81-38-32-44-100-101(81)85-37-28-29-43-99(85)117-100/h22-66H,1-21H3. The third-order valence-corrected chi connectivity index (χ3v) is 28.0. The summed E-state index contributed by atoms with van der Waals surface area (Å²) in [6.07, 6.45) is 0. The molecule has 19 rings (SSSR count). The van der Waals surface area contributed by atoms with Crippen LogP contribution in [-0.2, 0) is 37.9 Å². The zero-order valence-electron chi connectivity index (χ0n) is 72.7. The van der Waals surface area contributed by atoms with Crippen LogP contribution in [0.2, 0.25) is 0 Å². The lowest BCUT2D eigenvalue weighted by atomic mass is 9.33. The van der Waals surface area contributed by atoms with E-state index in [1.165, 1.54) is 168 Å². The predicted molar refractivity (Wildman–Crippen MR) is 519 cm³/mol. The van der Waals surface area contributed by atoms with Gasteiger partial charge >= 0.3 is 0 Å².